The highest BCUT2D eigenvalue weighted by Crippen LogP contribution is 2.48. The monoisotopic (exact) mass is 503 g/mol. The van der Waals surface area contributed by atoms with E-state index in [4.69, 9.17) is 9.47 Å². The van der Waals surface area contributed by atoms with Crippen molar-refractivity contribution in [1.82, 2.24) is 4.90 Å². The number of piperidine rings is 1. The standard InChI is InChI=1S/C31H31F2NO3/c32-30-13-12-27-26-10-4-21-18-23(35)7-11-25(21)28(26)19-36-20-29(27)31(30,33)22-5-8-24(9-6-22)37-17-16-34-14-2-1-3-15-34/h4-13,18,30,35H,1-3,14-17,19-20H2. The number of hydrogen-bond donors (Lipinski definition) is 1. The molecule has 0 amide bonds. The van der Waals surface area contributed by atoms with Gasteiger partial charge in [-0.25, -0.2) is 8.78 Å². The third-order valence-electron chi connectivity index (χ3n) is 7.87. The number of alkyl halides is 2. The number of benzene rings is 3. The van der Waals surface area contributed by atoms with E-state index in [0.717, 1.165) is 41.5 Å². The molecule has 1 aliphatic carbocycles. The number of rotatable bonds is 5. The van der Waals surface area contributed by atoms with Crippen LogP contribution in [0.5, 0.6) is 11.5 Å². The Morgan fingerprint density at radius 3 is 2.62 bits per heavy atom. The zero-order valence-electron chi connectivity index (χ0n) is 20.8. The number of allylic oxidation sites excluding steroid dienone is 3. The van der Waals surface area contributed by atoms with E-state index in [-0.39, 0.29) is 30.1 Å². The second-order valence-electron chi connectivity index (χ2n) is 10.1. The summed E-state index contributed by atoms with van der Waals surface area (Å²) in [6, 6.07) is 15.7. The predicted molar refractivity (Wildman–Crippen MR) is 141 cm³/mol. The first kappa shape index (κ1) is 24.1. The maximum atomic E-state index is 16.9. The Morgan fingerprint density at radius 1 is 1.00 bits per heavy atom. The lowest BCUT2D eigenvalue weighted by Crippen LogP contribution is -2.37. The summed E-state index contributed by atoms with van der Waals surface area (Å²) in [5.41, 5.74) is 0.580. The van der Waals surface area contributed by atoms with Gasteiger partial charge < -0.3 is 14.6 Å². The van der Waals surface area contributed by atoms with Crippen LogP contribution in [0.2, 0.25) is 0 Å². The smallest absolute Gasteiger partial charge is 0.194 e. The molecule has 1 fully saturated rings. The SMILES string of the molecule is Oc1ccc2c3c(ccc2c1)C1=C(COC3)C(F)(c2ccc(OCCN3CCCCC3)cc2)C(F)C=C1. The minimum absolute atomic E-state index is 0.0149. The zero-order chi connectivity index (χ0) is 25.4. The summed E-state index contributed by atoms with van der Waals surface area (Å²) >= 11 is 0. The van der Waals surface area contributed by atoms with Crippen LogP contribution in [0.1, 0.15) is 36.0 Å². The third kappa shape index (κ3) is 4.42. The van der Waals surface area contributed by atoms with Gasteiger partial charge in [0.2, 0.25) is 0 Å². The minimum atomic E-state index is -2.35. The van der Waals surface area contributed by atoms with E-state index in [9.17, 15) is 5.11 Å². The maximum absolute atomic E-state index is 16.9. The van der Waals surface area contributed by atoms with Crippen molar-refractivity contribution in [2.75, 3.05) is 32.8 Å². The van der Waals surface area contributed by atoms with Crippen LogP contribution >= 0.6 is 0 Å². The second-order valence-corrected chi connectivity index (χ2v) is 10.1. The molecule has 3 aromatic rings. The summed E-state index contributed by atoms with van der Waals surface area (Å²) in [5.74, 6) is 0.832. The maximum Gasteiger partial charge on any atom is 0.194 e. The molecule has 1 saturated heterocycles. The number of aromatic hydroxyl groups is 1. The molecular weight excluding hydrogens is 472 g/mol. The number of fused-ring (bicyclic) bond motifs is 4. The van der Waals surface area contributed by atoms with E-state index >= 15 is 8.78 Å². The second kappa shape index (κ2) is 9.92. The molecule has 4 nitrogen and oxygen atoms in total. The Morgan fingerprint density at radius 2 is 1.81 bits per heavy atom. The van der Waals surface area contributed by atoms with E-state index in [1.807, 2.05) is 18.2 Å². The summed E-state index contributed by atoms with van der Waals surface area (Å²) < 4.78 is 44.1. The van der Waals surface area contributed by atoms with Crippen molar-refractivity contribution in [1.29, 1.82) is 0 Å². The lowest BCUT2D eigenvalue weighted by molar-refractivity contribution is 0.0732. The van der Waals surface area contributed by atoms with Gasteiger partial charge in [0, 0.05) is 12.1 Å². The largest absolute Gasteiger partial charge is 0.508 e. The molecule has 6 rings (SSSR count). The Hall–Kier alpha value is -3.22. The molecular formula is C31H31F2NO3. The van der Waals surface area contributed by atoms with Crippen molar-refractivity contribution in [3.8, 4) is 11.5 Å². The van der Waals surface area contributed by atoms with E-state index in [0.29, 0.717) is 17.9 Å². The Labute approximate surface area is 215 Å². The van der Waals surface area contributed by atoms with Crippen molar-refractivity contribution in [2.45, 2.75) is 37.7 Å². The van der Waals surface area contributed by atoms with Crippen molar-refractivity contribution in [2.24, 2.45) is 0 Å². The first-order chi connectivity index (χ1) is 18.0. The fourth-order valence-electron chi connectivity index (χ4n) is 5.86. The molecule has 0 aromatic heterocycles. The molecule has 6 heteroatoms. The van der Waals surface area contributed by atoms with Crippen LogP contribution < -0.4 is 4.74 Å². The Balaban J connectivity index is 1.30. The molecule has 37 heavy (non-hydrogen) atoms. The summed E-state index contributed by atoms with van der Waals surface area (Å²) in [7, 11) is 0. The third-order valence-corrected chi connectivity index (χ3v) is 7.87. The minimum Gasteiger partial charge on any atom is -0.508 e. The number of hydrogen-bond acceptors (Lipinski definition) is 4. The number of ether oxygens (including phenoxy) is 2. The molecule has 0 bridgehead atoms. The van der Waals surface area contributed by atoms with Crippen molar-refractivity contribution < 1.29 is 23.4 Å². The van der Waals surface area contributed by atoms with E-state index < -0.39 is 11.8 Å². The van der Waals surface area contributed by atoms with Crippen LogP contribution in [0.25, 0.3) is 16.3 Å². The molecule has 2 unspecified atom stereocenters. The number of halogens is 2. The highest BCUT2D eigenvalue weighted by molar-refractivity contribution is 5.94. The molecule has 3 aliphatic rings. The Bertz CT molecular complexity index is 1360. The molecule has 2 aliphatic heterocycles. The number of nitrogens with zero attached hydrogens (tertiary/aromatic N) is 1. The molecule has 0 saturated carbocycles. The van der Waals surface area contributed by atoms with Crippen LogP contribution in [-0.2, 0) is 17.0 Å². The van der Waals surface area contributed by atoms with Gasteiger partial charge in [-0.1, -0.05) is 42.8 Å². The lowest BCUT2D eigenvalue weighted by atomic mass is 9.76. The molecule has 1 N–H and O–H groups in total. The fourth-order valence-corrected chi connectivity index (χ4v) is 5.86. The summed E-state index contributed by atoms with van der Waals surface area (Å²) in [4.78, 5) is 2.40. The van der Waals surface area contributed by atoms with Crippen LogP contribution in [0.15, 0.2) is 72.3 Å². The van der Waals surface area contributed by atoms with Crippen LogP contribution in [-0.4, -0.2) is 49.0 Å². The molecule has 3 aromatic carbocycles. The van der Waals surface area contributed by atoms with Gasteiger partial charge in [0.25, 0.3) is 0 Å². The average molecular weight is 504 g/mol. The van der Waals surface area contributed by atoms with Gasteiger partial charge >= 0.3 is 0 Å². The quantitative estimate of drug-likeness (QED) is 0.434. The molecule has 0 spiro atoms. The number of phenolic OH excluding ortho intramolecular Hbond substituents is 1. The highest BCUT2D eigenvalue weighted by atomic mass is 19.2. The highest BCUT2D eigenvalue weighted by Gasteiger charge is 2.48. The first-order valence-electron chi connectivity index (χ1n) is 13.1. The zero-order valence-corrected chi connectivity index (χ0v) is 20.8. The Kier molecular flexibility index (Phi) is 6.47. The molecule has 0 radical (unpaired) electrons. The first-order valence-corrected chi connectivity index (χ1v) is 13.1. The topological polar surface area (TPSA) is 41.9 Å². The van der Waals surface area contributed by atoms with E-state index in [1.54, 1.807) is 42.5 Å². The van der Waals surface area contributed by atoms with Gasteiger partial charge in [-0.2, -0.15) is 0 Å². The van der Waals surface area contributed by atoms with Gasteiger partial charge in [0.15, 0.2) is 11.8 Å². The predicted octanol–water partition coefficient (Wildman–Crippen LogP) is 6.47. The van der Waals surface area contributed by atoms with Gasteiger partial charge in [-0.15, -0.1) is 0 Å². The van der Waals surface area contributed by atoms with Gasteiger partial charge in [0.1, 0.15) is 18.1 Å². The number of likely N-dealkylation sites (tertiary alicyclic amines) is 1. The van der Waals surface area contributed by atoms with E-state index in [1.165, 1.54) is 25.3 Å². The van der Waals surface area contributed by atoms with Crippen LogP contribution in [0.4, 0.5) is 8.78 Å². The van der Waals surface area contributed by atoms with E-state index in [2.05, 4.69) is 4.90 Å². The lowest BCUT2D eigenvalue weighted by Gasteiger charge is -2.34. The summed E-state index contributed by atoms with van der Waals surface area (Å²) in [6.45, 7) is 3.92. The van der Waals surface area contributed by atoms with Gasteiger partial charge in [0.05, 0.1) is 13.2 Å². The molecule has 2 atom stereocenters. The van der Waals surface area contributed by atoms with Gasteiger partial charge in [-0.3, -0.25) is 4.90 Å². The van der Waals surface area contributed by atoms with Crippen LogP contribution in [0.3, 0.4) is 0 Å². The fraction of sp³-hybridized carbons (Fsp3) is 0.355. The summed E-state index contributed by atoms with van der Waals surface area (Å²) in [5, 5.41) is 11.7. The van der Waals surface area contributed by atoms with Crippen molar-refractivity contribution in [3.63, 3.8) is 0 Å². The van der Waals surface area contributed by atoms with Crippen LogP contribution in [0, 0.1) is 0 Å². The van der Waals surface area contributed by atoms with Gasteiger partial charge in [-0.05, 0) is 89.3 Å². The van der Waals surface area contributed by atoms with Crippen molar-refractivity contribution in [3.05, 3.63) is 89.0 Å². The molecule has 2 heterocycles. The average Bonchev–Trinajstić information content (AvgIpc) is 3.12. The normalized spacial score (nSPS) is 24.0. The number of phenols is 1. The molecule has 192 valence electrons. The summed E-state index contributed by atoms with van der Waals surface area (Å²) in [6.07, 6.45) is 4.91. The van der Waals surface area contributed by atoms with Crippen molar-refractivity contribution >= 4 is 16.3 Å².